The van der Waals surface area contributed by atoms with Gasteiger partial charge in [0.05, 0.1) is 19.2 Å². The fraction of sp³-hybridized carbons (Fsp3) is 0.833. The lowest BCUT2D eigenvalue weighted by Gasteiger charge is -2.32. The largest absolute Gasteiger partial charge is 0.383 e. The van der Waals surface area contributed by atoms with Gasteiger partial charge in [0.1, 0.15) is 0 Å². The van der Waals surface area contributed by atoms with E-state index in [0.29, 0.717) is 19.7 Å². The zero-order valence-corrected chi connectivity index (χ0v) is 11.2. The van der Waals surface area contributed by atoms with E-state index >= 15 is 0 Å². The van der Waals surface area contributed by atoms with Gasteiger partial charge in [-0.3, -0.25) is 9.59 Å². The molecular formula is C12H23N3O3. The minimum atomic E-state index is -0.129. The van der Waals surface area contributed by atoms with Gasteiger partial charge in [-0.1, -0.05) is 6.92 Å². The quantitative estimate of drug-likeness (QED) is 0.595. The summed E-state index contributed by atoms with van der Waals surface area (Å²) in [4.78, 5) is 25.3. The highest BCUT2D eigenvalue weighted by molar-refractivity contribution is 5.88. The van der Waals surface area contributed by atoms with Crippen molar-refractivity contribution in [1.29, 1.82) is 0 Å². The van der Waals surface area contributed by atoms with Crippen LogP contribution in [0.3, 0.4) is 0 Å². The highest BCUT2D eigenvalue weighted by Gasteiger charge is 2.28. The van der Waals surface area contributed by atoms with Crippen LogP contribution in [0, 0.1) is 0 Å². The van der Waals surface area contributed by atoms with E-state index in [1.54, 1.807) is 12.0 Å². The van der Waals surface area contributed by atoms with Crippen LogP contribution in [0.15, 0.2) is 0 Å². The van der Waals surface area contributed by atoms with Gasteiger partial charge in [0, 0.05) is 20.2 Å². The second-order valence-electron chi connectivity index (χ2n) is 4.36. The Morgan fingerprint density at radius 1 is 1.56 bits per heavy atom. The van der Waals surface area contributed by atoms with Crippen molar-refractivity contribution in [2.24, 2.45) is 0 Å². The Labute approximate surface area is 108 Å². The summed E-state index contributed by atoms with van der Waals surface area (Å²) in [5.41, 5.74) is 0. The minimum Gasteiger partial charge on any atom is -0.383 e. The molecule has 1 heterocycles. The topological polar surface area (TPSA) is 70.7 Å². The highest BCUT2D eigenvalue weighted by Crippen LogP contribution is 2.11. The van der Waals surface area contributed by atoms with Gasteiger partial charge in [-0.2, -0.15) is 0 Å². The van der Waals surface area contributed by atoms with Crippen molar-refractivity contribution in [2.75, 3.05) is 39.9 Å². The molecule has 1 atom stereocenters. The van der Waals surface area contributed by atoms with Crippen molar-refractivity contribution in [3.05, 3.63) is 0 Å². The van der Waals surface area contributed by atoms with Crippen LogP contribution in [0.5, 0.6) is 0 Å². The van der Waals surface area contributed by atoms with E-state index in [1.165, 1.54) is 0 Å². The van der Waals surface area contributed by atoms with E-state index in [2.05, 4.69) is 10.6 Å². The molecular weight excluding hydrogens is 234 g/mol. The van der Waals surface area contributed by atoms with Gasteiger partial charge in [0.2, 0.25) is 11.8 Å². The number of amides is 2. The number of piperidine rings is 1. The van der Waals surface area contributed by atoms with Crippen molar-refractivity contribution >= 4 is 11.8 Å². The van der Waals surface area contributed by atoms with Gasteiger partial charge < -0.3 is 20.3 Å². The number of ether oxygens (including phenoxy) is 1. The van der Waals surface area contributed by atoms with Gasteiger partial charge in [0.15, 0.2) is 0 Å². The van der Waals surface area contributed by atoms with E-state index in [0.717, 1.165) is 19.4 Å². The van der Waals surface area contributed by atoms with Gasteiger partial charge in [-0.05, 0) is 19.4 Å². The second kappa shape index (κ2) is 8.05. The van der Waals surface area contributed by atoms with Crippen molar-refractivity contribution in [3.8, 4) is 0 Å². The van der Waals surface area contributed by atoms with E-state index in [1.807, 2.05) is 6.92 Å². The third-order valence-electron chi connectivity index (χ3n) is 2.94. The van der Waals surface area contributed by atoms with Crippen molar-refractivity contribution < 1.29 is 14.3 Å². The summed E-state index contributed by atoms with van der Waals surface area (Å²) in [5, 5.41) is 5.87. The smallest absolute Gasteiger partial charge is 0.240 e. The maximum Gasteiger partial charge on any atom is 0.240 e. The van der Waals surface area contributed by atoms with Gasteiger partial charge >= 0.3 is 0 Å². The average Bonchev–Trinajstić information content (AvgIpc) is 2.35. The molecule has 6 nitrogen and oxygen atoms in total. The number of likely N-dealkylation sites (tertiary alicyclic amines) is 1. The van der Waals surface area contributed by atoms with Gasteiger partial charge in [-0.15, -0.1) is 0 Å². The Morgan fingerprint density at radius 3 is 3.00 bits per heavy atom. The molecule has 1 aliphatic heterocycles. The Balaban J connectivity index is 2.36. The number of likely N-dealkylation sites (N-methyl/N-ethyl adjacent to an activating group) is 1. The second-order valence-corrected chi connectivity index (χ2v) is 4.36. The van der Waals surface area contributed by atoms with E-state index < -0.39 is 0 Å². The predicted octanol–water partition coefficient (Wildman–Crippen LogP) is -0.650. The fourth-order valence-electron chi connectivity index (χ4n) is 2.05. The number of hydrogen-bond donors (Lipinski definition) is 2. The standard InChI is InChI=1S/C12H23N3O3/c1-3-13-10-5-4-7-15(12(10)17)9-11(16)14-6-8-18-2/h10,13H,3-9H2,1-2H3,(H,14,16). The lowest BCUT2D eigenvalue weighted by Crippen LogP contribution is -2.53. The molecule has 6 heteroatoms. The molecule has 0 aromatic heterocycles. The first-order valence-corrected chi connectivity index (χ1v) is 6.46. The summed E-state index contributed by atoms with van der Waals surface area (Å²) in [6, 6.07) is -0.129. The van der Waals surface area contributed by atoms with E-state index in [-0.39, 0.29) is 24.4 Å². The van der Waals surface area contributed by atoms with Crippen LogP contribution in [0.4, 0.5) is 0 Å². The number of nitrogens with zero attached hydrogens (tertiary/aromatic N) is 1. The minimum absolute atomic E-state index is 0.0324. The summed E-state index contributed by atoms with van der Waals surface area (Å²) in [6.07, 6.45) is 1.79. The molecule has 0 saturated carbocycles. The Morgan fingerprint density at radius 2 is 2.33 bits per heavy atom. The monoisotopic (exact) mass is 257 g/mol. The summed E-state index contributed by atoms with van der Waals surface area (Å²) in [7, 11) is 1.58. The predicted molar refractivity (Wildman–Crippen MR) is 68.2 cm³/mol. The lowest BCUT2D eigenvalue weighted by molar-refractivity contribution is -0.140. The molecule has 0 aliphatic carbocycles. The maximum absolute atomic E-state index is 12.0. The molecule has 0 radical (unpaired) electrons. The fourth-order valence-corrected chi connectivity index (χ4v) is 2.05. The molecule has 2 amide bonds. The van der Waals surface area contributed by atoms with Crippen LogP contribution in [0.1, 0.15) is 19.8 Å². The molecule has 1 unspecified atom stereocenters. The number of carbonyl (C=O) groups is 2. The van der Waals surface area contributed by atoms with E-state index in [9.17, 15) is 9.59 Å². The van der Waals surface area contributed by atoms with Crippen molar-refractivity contribution in [2.45, 2.75) is 25.8 Å². The normalized spacial score (nSPS) is 20.0. The van der Waals surface area contributed by atoms with Crippen LogP contribution in [-0.2, 0) is 14.3 Å². The number of rotatable bonds is 7. The summed E-state index contributed by atoms with van der Waals surface area (Å²) >= 11 is 0. The molecule has 1 fully saturated rings. The maximum atomic E-state index is 12.0. The van der Waals surface area contributed by atoms with Crippen LogP contribution >= 0.6 is 0 Å². The number of nitrogens with one attached hydrogen (secondary N) is 2. The Kier molecular flexibility index (Phi) is 6.67. The third kappa shape index (κ3) is 4.62. The molecule has 1 rings (SSSR count). The first-order valence-electron chi connectivity index (χ1n) is 6.46. The Hall–Kier alpha value is -1.14. The molecule has 0 spiro atoms. The lowest BCUT2D eigenvalue weighted by atomic mass is 10.0. The first kappa shape index (κ1) is 14.9. The van der Waals surface area contributed by atoms with Crippen molar-refractivity contribution in [1.82, 2.24) is 15.5 Å². The first-order chi connectivity index (χ1) is 8.69. The number of carbonyl (C=O) groups excluding carboxylic acids is 2. The van der Waals surface area contributed by atoms with Crippen LogP contribution in [0.2, 0.25) is 0 Å². The summed E-state index contributed by atoms with van der Waals surface area (Å²) in [6.45, 7) is 4.52. The molecule has 1 aliphatic rings. The van der Waals surface area contributed by atoms with Crippen LogP contribution in [-0.4, -0.2) is 62.7 Å². The number of hydrogen-bond acceptors (Lipinski definition) is 4. The zero-order valence-electron chi connectivity index (χ0n) is 11.2. The Bertz CT molecular complexity index is 282. The average molecular weight is 257 g/mol. The summed E-state index contributed by atoms with van der Waals surface area (Å²) < 4.78 is 4.85. The molecule has 0 bridgehead atoms. The zero-order chi connectivity index (χ0) is 13.4. The van der Waals surface area contributed by atoms with Crippen LogP contribution < -0.4 is 10.6 Å². The van der Waals surface area contributed by atoms with E-state index in [4.69, 9.17) is 4.74 Å². The molecule has 2 N–H and O–H groups in total. The number of methoxy groups -OCH3 is 1. The van der Waals surface area contributed by atoms with Gasteiger partial charge in [0.25, 0.3) is 0 Å². The molecule has 104 valence electrons. The molecule has 0 aromatic rings. The highest BCUT2D eigenvalue weighted by atomic mass is 16.5. The third-order valence-corrected chi connectivity index (χ3v) is 2.94. The molecule has 0 aromatic carbocycles. The SMILES string of the molecule is CCNC1CCCN(CC(=O)NCCOC)C1=O. The summed E-state index contributed by atoms with van der Waals surface area (Å²) in [5.74, 6) is -0.0949. The van der Waals surface area contributed by atoms with Gasteiger partial charge in [-0.25, -0.2) is 0 Å². The van der Waals surface area contributed by atoms with Crippen molar-refractivity contribution in [3.63, 3.8) is 0 Å². The molecule has 1 saturated heterocycles. The van der Waals surface area contributed by atoms with Crippen LogP contribution in [0.25, 0.3) is 0 Å². The molecule has 18 heavy (non-hydrogen) atoms.